The predicted octanol–water partition coefficient (Wildman–Crippen LogP) is 1.60. The van der Waals surface area contributed by atoms with Crippen molar-refractivity contribution in [3.63, 3.8) is 0 Å². The number of benzene rings is 1. The highest BCUT2D eigenvalue weighted by atomic mass is 32.2. The van der Waals surface area contributed by atoms with E-state index in [-0.39, 0.29) is 24.6 Å². The third kappa shape index (κ3) is 4.51. The Hall–Kier alpha value is -0.950. The van der Waals surface area contributed by atoms with Gasteiger partial charge in [0, 0.05) is 32.8 Å². The van der Waals surface area contributed by atoms with Crippen LogP contribution in [0.1, 0.15) is 32.4 Å². The number of aliphatic hydroxyl groups excluding tert-OH is 1. The lowest BCUT2D eigenvalue weighted by atomic mass is 10.0. The summed E-state index contributed by atoms with van der Waals surface area (Å²) < 4.78 is 25.2. The molecule has 21 heavy (non-hydrogen) atoms. The first-order chi connectivity index (χ1) is 9.70. The molecule has 0 heterocycles. The maximum Gasteiger partial charge on any atom is 0.242 e. The van der Waals surface area contributed by atoms with Crippen molar-refractivity contribution in [3.8, 4) is 0 Å². The molecule has 0 aliphatic carbocycles. The number of hydrogen-bond donors (Lipinski definition) is 2. The lowest BCUT2D eigenvalue weighted by Crippen LogP contribution is -2.35. The SMILES string of the molecule is CC(NC(C)C(C)CO)c1ccc(S(=O)(=O)N(C)C)cc1. The fourth-order valence-electron chi connectivity index (χ4n) is 1.95. The van der Waals surface area contributed by atoms with Gasteiger partial charge in [-0.25, -0.2) is 12.7 Å². The maximum atomic E-state index is 12.0. The largest absolute Gasteiger partial charge is 0.396 e. The van der Waals surface area contributed by atoms with Gasteiger partial charge in [0.25, 0.3) is 0 Å². The fraction of sp³-hybridized carbons (Fsp3) is 0.600. The van der Waals surface area contributed by atoms with Crippen LogP contribution < -0.4 is 5.32 Å². The van der Waals surface area contributed by atoms with Crippen molar-refractivity contribution in [2.75, 3.05) is 20.7 Å². The van der Waals surface area contributed by atoms with E-state index < -0.39 is 10.0 Å². The summed E-state index contributed by atoms with van der Waals surface area (Å²) in [7, 11) is -0.341. The van der Waals surface area contributed by atoms with Crippen LogP contribution in [0.3, 0.4) is 0 Å². The molecule has 0 aliphatic rings. The molecule has 2 N–H and O–H groups in total. The van der Waals surface area contributed by atoms with Gasteiger partial charge >= 0.3 is 0 Å². The quantitative estimate of drug-likeness (QED) is 0.802. The van der Waals surface area contributed by atoms with E-state index in [1.165, 1.54) is 18.4 Å². The van der Waals surface area contributed by atoms with Crippen molar-refractivity contribution in [2.24, 2.45) is 5.92 Å². The van der Waals surface area contributed by atoms with Gasteiger partial charge in [0.05, 0.1) is 4.90 Å². The number of sulfonamides is 1. The van der Waals surface area contributed by atoms with Crippen LogP contribution in [0.5, 0.6) is 0 Å². The Bertz CT molecular complexity index is 541. The van der Waals surface area contributed by atoms with E-state index >= 15 is 0 Å². The predicted molar refractivity (Wildman–Crippen MR) is 84.6 cm³/mol. The van der Waals surface area contributed by atoms with Crippen molar-refractivity contribution in [2.45, 2.75) is 37.8 Å². The molecular formula is C15H26N2O3S. The molecule has 0 aliphatic heterocycles. The Morgan fingerprint density at radius 2 is 1.67 bits per heavy atom. The van der Waals surface area contributed by atoms with Crippen LogP contribution in [0, 0.1) is 5.92 Å². The summed E-state index contributed by atoms with van der Waals surface area (Å²) in [6, 6.07) is 7.17. The number of aliphatic hydroxyl groups is 1. The lowest BCUT2D eigenvalue weighted by Gasteiger charge is -2.24. The normalized spacial score (nSPS) is 16.7. The maximum absolute atomic E-state index is 12.0. The molecule has 5 nitrogen and oxygen atoms in total. The first-order valence-corrected chi connectivity index (χ1v) is 8.53. The van der Waals surface area contributed by atoms with Gasteiger partial charge in [-0.2, -0.15) is 0 Å². The van der Waals surface area contributed by atoms with Crippen LogP contribution in [-0.2, 0) is 10.0 Å². The summed E-state index contributed by atoms with van der Waals surface area (Å²) in [5.41, 5.74) is 1.02. The Morgan fingerprint density at radius 1 is 1.14 bits per heavy atom. The van der Waals surface area contributed by atoms with E-state index in [1.54, 1.807) is 12.1 Å². The van der Waals surface area contributed by atoms with Gasteiger partial charge in [0.1, 0.15) is 0 Å². The van der Waals surface area contributed by atoms with E-state index in [2.05, 4.69) is 5.32 Å². The molecule has 120 valence electrons. The van der Waals surface area contributed by atoms with Crippen LogP contribution in [0.25, 0.3) is 0 Å². The van der Waals surface area contributed by atoms with Crippen LogP contribution in [0.4, 0.5) is 0 Å². The summed E-state index contributed by atoms with van der Waals surface area (Å²) in [6.45, 7) is 6.18. The third-order valence-electron chi connectivity index (χ3n) is 3.81. The molecule has 0 aromatic heterocycles. The smallest absolute Gasteiger partial charge is 0.242 e. The molecule has 0 saturated carbocycles. The van der Waals surface area contributed by atoms with Crippen molar-refractivity contribution >= 4 is 10.0 Å². The zero-order valence-corrected chi connectivity index (χ0v) is 14.2. The Kier molecular flexibility index (Phi) is 6.34. The summed E-state index contributed by atoms with van der Waals surface area (Å²) in [5.74, 6) is 0.167. The van der Waals surface area contributed by atoms with Gasteiger partial charge in [0.15, 0.2) is 0 Å². The second-order valence-corrected chi connectivity index (χ2v) is 7.85. The van der Waals surface area contributed by atoms with Gasteiger partial charge < -0.3 is 10.4 Å². The first-order valence-electron chi connectivity index (χ1n) is 7.09. The Balaban J connectivity index is 2.83. The Labute approximate surface area is 128 Å². The topological polar surface area (TPSA) is 69.6 Å². The molecule has 6 heteroatoms. The van der Waals surface area contributed by atoms with Crippen LogP contribution in [0.15, 0.2) is 29.2 Å². The first kappa shape index (κ1) is 18.1. The highest BCUT2D eigenvalue weighted by Gasteiger charge is 2.18. The van der Waals surface area contributed by atoms with Crippen molar-refractivity contribution in [1.29, 1.82) is 0 Å². The molecule has 0 radical (unpaired) electrons. The molecule has 0 bridgehead atoms. The second kappa shape index (κ2) is 7.35. The lowest BCUT2D eigenvalue weighted by molar-refractivity contribution is 0.202. The van der Waals surface area contributed by atoms with Crippen LogP contribution in [-0.4, -0.2) is 44.6 Å². The highest BCUT2D eigenvalue weighted by molar-refractivity contribution is 7.89. The van der Waals surface area contributed by atoms with E-state index in [0.29, 0.717) is 4.90 Å². The molecule has 0 spiro atoms. The van der Waals surface area contributed by atoms with E-state index in [4.69, 9.17) is 5.11 Å². The number of rotatable bonds is 7. The summed E-state index contributed by atoms with van der Waals surface area (Å²) in [4.78, 5) is 0.292. The van der Waals surface area contributed by atoms with Gasteiger partial charge in [-0.1, -0.05) is 19.1 Å². The molecule has 0 saturated heterocycles. The summed E-state index contributed by atoms with van der Waals surface area (Å²) in [6.07, 6.45) is 0. The number of nitrogens with one attached hydrogen (secondary N) is 1. The van der Waals surface area contributed by atoms with Crippen molar-refractivity contribution in [3.05, 3.63) is 29.8 Å². The van der Waals surface area contributed by atoms with E-state index in [1.807, 2.05) is 32.9 Å². The zero-order chi connectivity index (χ0) is 16.2. The number of hydrogen-bond acceptors (Lipinski definition) is 4. The minimum absolute atomic E-state index is 0.0881. The molecule has 1 aromatic rings. The monoisotopic (exact) mass is 314 g/mol. The van der Waals surface area contributed by atoms with Gasteiger partial charge in [-0.3, -0.25) is 0 Å². The molecule has 1 rings (SSSR count). The minimum Gasteiger partial charge on any atom is -0.396 e. The third-order valence-corrected chi connectivity index (χ3v) is 5.64. The fourth-order valence-corrected chi connectivity index (χ4v) is 2.85. The molecule has 0 amide bonds. The van der Waals surface area contributed by atoms with Gasteiger partial charge in [-0.05, 0) is 37.5 Å². The number of nitrogens with zero attached hydrogens (tertiary/aromatic N) is 1. The van der Waals surface area contributed by atoms with Crippen molar-refractivity contribution in [1.82, 2.24) is 9.62 Å². The second-order valence-electron chi connectivity index (χ2n) is 5.69. The molecule has 3 atom stereocenters. The van der Waals surface area contributed by atoms with E-state index in [9.17, 15) is 8.42 Å². The van der Waals surface area contributed by atoms with Crippen LogP contribution >= 0.6 is 0 Å². The minimum atomic E-state index is -3.38. The zero-order valence-electron chi connectivity index (χ0n) is 13.4. The van der Waals surface area contributed by atoms with E-state index in [0.717, 1.165) is 5.56 Å². The molecule has 0 fully saturated rings. The molecule has 1 aromatic carbocycles. The molecular weight excluding hydrogens is 288 g/mol. The Morgan fingerprint density at radius 3 is 2.10 bits per heavy atom. The van der Waals surface area contributed by atoms with Crippen LogP contribution in [0.2, 0.25) is 0 Å². The highest BCUT2D eigenvalue weighted by Crippen LogP contribution is 2.19. The average Bonchev–Trinajstić information content (AvgIpc) is 2.46. The molecule has 3 unspecified atom stereocenters. The van der Waals surface area contributed by atoms with Gasteiger partial charge in [0.2, 0.25) is 10.0 Å². The van der Waals surface area contributed by atoms with Gasteiger partial charge in [-0.15, -0.1) is 0 Å². The van der Waals surface area contributed by atoms with Crippen molar-refractivity contribution < 1.29 is 13.5 Å². The average molecular weight is 314 g/mol. The summed E-state index contributed by atoms with van der Waals surface area (Å²) >= 11 is 0. The standard InChI is InChI=1S/C15H26N2O3S/c1-11(10-18)12(2)16-13(3)14-6-8-15(9-7-14)21(19,20)17(4)5/h6-9,11-13,16,18H,10H2,1-5H3. The summed E-state index contributed by atoms with van der Waals surface area (Å²) in [5, 5.41) is 12.6.